The van der Waals surface area contributed by atoms with Crippen LogP contribution in [0.2, 0.25) is 0 Å². The molecular weight excluding hydrogens is 238 g/mol. The van der Waals surface area contributed by atoms with Crippen LogP contribution in [-0.4, -0.2) is 53.3 Å². The number of aryl methyl sites for hydroxylation is 2. The van der Waals surface area contributed by atoms with Crippen molar-refractivity contribution in [3.05, 3.63) is 15.6 Å². The van der Waals surface area contributed by atoms with Crippen LogP contribution in [-0.2, 0) is 4.79 Å². The van der Waals surface area contributed by atoms with E-state index in [0.29, 0.717) is 31.9 Å². The van der Waals surface area contributed by atoms with Gasteiger partial charge in [-0.3, -0.25) is 9.59 Å². The molecule has 0 bridgehead atoms. The fraction of sp³-hybridized carbons (Fsp3) is 0.545. The molecule has 0 aliphatic carbocycles. The zero-order valence-corrected chi connectivity index (χ0v) is 10.8. The second-order valence-corrected chi connectivity index (χ2v) is 5.48. The molecule has 0 N–H and O–H groups in total. The highest BCUT2D eigenvalue weighted by molar-refractivity contribution is 7.11. The van der Waals surface area contributed by atoms with Crippen molar-refractivity contribution in [2.75, 3.05) is 26.2 Å². The van der Waals surface area contributed by atoms with Crippen molar-refractivity contribution >= 4 is 23.7 Å². The Morgan fingerprint density at radius 1 is 1.29 bits per heavy atom. The molecule has 6 heteroatoms. The highest BCUT2D eigenvalue weighted by Gasteiger charge is 2.24. The van der Waals surface area contributed by atoms with Gasteiger partial charge in [0, 0.05) is 31.1 Å². The summed E-state index contributed by atoms with van der Waals surface area (Å²) in [6, 6.07) is 0. The molecule has 0 aromatic carbocycles. The average molecular weight is 253 g/mol. The monoisotopic (exact) mass is 253 g/mol. The van der Waals surface area contributed by atoms with Crippen molar-refractivity contribution in [1.82, 2.24) is 14.8 Å². The SMILES string of the molecule is Cc1nc(C(=O)N2CCN(C=O)CC2)c(C)s1. The van der Waals surface area contributed by atoms with Crippen LogP contribution in [0.15, 0.2) is 0 Å². The van der Waals surface area contributed by atoms with E-state index in [1.165, 1.54) is 0 Å². The van der Waals surface area contributed by atoms with Crippen LogP contribution in [0.1, 0.15) is 20.4 Å². The van der Waals surface area contributed by atoms with Gasteiger partial charge in [0.2, 0.25) is 6.41 Å². The summed E-state index contributed by atoms with van der Waals surface area (Å²) < 4.78 is 0. The molecule has 1 aliphatic rings. The van der Waals surface area contributed by atoms with Crippen LogP contribution in [0.4, 0.5) is 0 Å². The Morgan fingerprint density at radius 3 is 2.41 bits per heavy atom. The Bertz CT molecular complexity index is 436. The number of nitrogens with zero attached hydrogens (tertiary/aromatic N) is 3. The van der Waals surface area contributed by atoms with Crippen LogP contribution in [0.25, 0.3) is 0 Å². The second kappa shape index (κ2) is 4.83. The molecule has 0 atom stereocenters. The molecule has 0 unspecified atom stereocenters. The Labute approximate surface area is 104 Å². The van der Waals surface area contributed by atoms with Gasteiger partial charge in [0.05, 0.1) is 5.01 Å². The van der Waals surface area contributed by atoms with Crippen LogP contribution in [0, 0.1) is 13.8 Å². The van der Waals surface area contributed by atoms with Gasteiger partial charge in [0.15, 0.2) is 0 Å². The van der Waals surface area contributed by atoms with Crippen molar-refractivity contribution in [3.8, 4) is 0 Å². The number of aromatic nitrogens is 1. The summed E-state index contributed by atoms with van der Waals surface area (Å²) in [6.07, 6.45) is 0.833. The molecule has 17 heavy (non-hydrogen) atoms. The molecule has 5 nitrogen and oxygen atoms in total. The fourth-order valence-electron chi connectivity index (χ4n) is 1.91. The lowest BCUT2D eigenvalue weighted by atomic mass is 10.2. The van der Waals surface area contributed by atoms with Crippen molar-refractivity contribution in [2.45, 2.75) is 13.8 Å². The highest BCUT2D eigenvalue weighted by atomic mass is 32.1. The number of amides is 2. The zero-order valence-electron chi connectivity index (χ0n) is 9.97. The largest absolute Gasteiger partial charge is 0.342 e. The summed E-state index contributed by atoms with van der Waals surface area (Å²) in [5.41, 5.74) is 0.562. The maximum atomic E-state index is 12.2. The fourth-order valence-corrected chi connectivity index (χ4v) is 2.72. The summed E-state index contributed by atoms with van der Waals surface area (Å²) in [6.45, 7) is 6.22. The minimum Gasteiger partial charge on any atom is -0.342 e. The van der Waals surface area contributed by atoms with E-state index in [9.17, 15) is 9.59 Å². The van der Waals surface area contributed by atoms with Gasteiger partial charge in [-0.05, 0) is 13.8 Å². The van der Waals surface area contributed by atoms with E-state index >= 15 is 0 Å². The standard InChI is InChI=1S/C11H15N3O2S/c1-8-10(12-9(2)17-8)11(16)14-5-3-13(7-15)4-6-14/h7H,3-6H2,1-2H3. The molecule has 1 aliphatic heterocycles. The van der Waals surface area contributed by atoms with Gasteiger partial charge in [0.25, 0.3) is 5.91 Å². The van der Waals surface area contributed by atoms with Gasteiger partial charge in [-0.25, -0.2) is 4.98 Å². The Kier molecular flexibility index (Phi) is 3.42. The van der Waals surface area contributed by atoms with Gasteiger partial charge in [-0.2, -0.15) is 0 Å². The lowest BCUT2D eigenvalue weighted by molar-refractivity contribution is -0.119. The first-order chi connectivity index (χ1) is 8.11. The predicted molar refractivity (Wildman–Crippen MR) is 65.1 cm³/mol. The van der Waals surface area contributed by atoms with Crippen molar-refractivity contribution in [2.24, 2.45) is 0 Å². The summed E-state index contributed by atoms with van der Waals surface area (Å²) in [4.78, 5) is 31.4. The molecule has 1 fully saturated rings. The van der Waals surface area contributed by atoms with Gasteiger partial charge in [0.1, 0.15) is 5.69 Å². The van der Waals surface area contributed by atoms with E-state index in [-0.39, 0.29) is 5.91 Å². The third kappa shape index (κ3) is 2.46. The quantitative estimate of drug-likeness (QED) is 0.728. The van der Waals surface area contributed by atoms with Gasteiger partial charge in [-0.15, -0.1) is 11.3 Å². The molecule has 2 amide bonds. The zero-order chi connectivity index (χ0) is 12.4. The molecule has 92 valence electrons. The molecule has 2 heterocycles. The number of carbonyl (C=O) groups excluding carboxylic acids is 2. The van der Waals surface area contributed by atoms with E-state index in [0.717, 1.165) is 16.3 Å². The van der Waals surface area contributed by atoms with Crippen molar-refractivity contribution < 1.29 is 9.59 Å². The molecule has 1 saturated heterocycles. The molecule has 1 aromatic heterocycles. The van der Waals surface area contributed by atoms with E-state index in [1.807, 2.05) is 13.8 Å². The average Bonchev–Trinajstić information content (AvgIpc) is 2.68. The van der Waals surface area contributed by atoms with Crippen LogP contribution >= 0.6 is 11.3 Å². The molecule has 0 spiro atoms. The Morgan fingerprint density at radius 2 is 1.94 bits per heavy atom. The van der Waals surface area contributed by atoms with Gasteiger partial charge in [-0.1, -0.05) is 0 Å². The Hall–Kier alpha value is -1.43. The summed E-state index contributed by atoms with van der Waals surface area (Å²) in [7, 11) is 0. The van der Waals surface area contributed by atoms with E-state index < -0.39 is 0 Å². The number of hydrogen-bond donors (Lipinski definition) is 0. The maximum Gasteiger partial charge on any atom is 0.273 e. The maximum absolute atomic E-state index is 12.2. The second-order valence-electron chi connectivity index (χ2n) is 4.07. The van der Waals surface area contributed by atoms with Gasteiger partial charge >= 0.3 is 0 Å². The van der Waals surface area contributed by atoms with E-state index in [2.05, 4.69) is 4.98 Å². The van der Waals surface area contributed by atoms with Crippen LogP contribution in [0.5, 0.6) is 0 Å². The number of rotatable bonds is 2. The lowest BCUT2D eigenvalue weighted by Crippen LogP contribution is -2.48. The topological polar surface area (TPSA) is 53.5 Å². The van der Waals surface area contributed by atoms with Crippen molar-refractivity contribution in [1.29, 1.82) is 0 Å². The lowest BCUT2D eigenvalue weighted by Gasteiger charge is -2.32. The third-order valence-electron chi connectivity index (χ3n) is 2.86. The number of piperazine rings is 1. The first kappa shape index (κ1) is 12.0. The third-order valence-corrected chi connectivity index (χ3v) is 3.74. The molecule has 0 radical (unpaired) electrons. The normalized spacial score (nSPS) is 16.1. The predicted octanol–water partition coefficient (Wildman–Crippen LogP) is 0.674. The van der Waals surface area contributed by atoms with Crippen LogP contribution < -0.4 is 0 Å². The van der Waals surface area contributed by atoms with E-state index in [4.69, 9.17) is 0 Å². The summed E-state index contributed by atoms with van der Waals surface area (Å²) in [5.74, 6) is -0.0163. The number of carbonyl (C=O) groups is 2. The number of hydrogen-bond acceptors (Lipinski definition) is 4. The minimum atomic E-state index is -0.0163. The molecule has 2 rings (SSSR count). The summed E-state index contributed by atoms with van der Waals surface area (Å²) >= 11 is 1.54. The highest BCUT2D eigenvalue weighted by Crippen LogP contribution is 2.18. The number of thiazole rings is 1. The first-order valence-corrected chi connectivity index (χ1v) is 6.36. The van der Waals surface area contributed by atoms with Crippen LogP contribution in [0.3, 0.4) is 0 Å². The molecular formula is C11H15N3O2S. The van der Waals surface area contributed by atoms with Crippen molar-refractivity contribution in [3.63, 3.8) is 0 Å². The summed E-state index contributed by atoms with van der Waals surface area (Å²) in [5, 5.41) is 0.914. The Balaban J connectivity index is 2.06. The minimum absolute atomic E-state index is 0.0163. The van der Waals surface area contributed by atoms with Gasteiger partial charge < -0.3 is 9.80 Å². The smallest absolute Gasteiger partial charge is 0.273 e. The molecule has 0 saturated carbocycles. The first-order valence-electron chi connectivity index (χ1n) is 5.54. The van der Waals surface area contributed by atoms with E-state index in [1.54, 1.807) is 21.1 Å². The molecule has 1 aromatic rings.